The lowest BCUT2D eigenvalue weighted by Crippen LogP contribution is -2.49. The third-order valence-electron chi connectivity index (χ3n) is 5.15. The van der Waals surface area contributed by atoms with Crippen molar-refractivity contribution in [1.29, 1.82) is 0 Å². The molecule has 1 aliphatic carbocycles. The third kappa shape index (κ3) is 5.71. The van der Waals surface area contributed by atoms with Crippen LogP contribution in [0.2, 0.25) is 5.02 Å². The first kappa shape index (κ1) is 21.2. The fraction of sp³-hybridized carbons (Fsp3) is 0.650. The zero-order chi connectivity index (χ0) is 19.2. The Balaban J connectivity index is 1.93. The SMILES string of the molecule is CCS(=O)C1CCCC(NC(=NC)NCC(C)(C)c2ccccc2Cl)C1. The lowest BCUT2D eigenvalue weighted by Gasteiger charge is -2.32. The fourth-order valence-electron chi connectivity index (χ4n) is 3.55. The summed E-state index contributed by atoms with van der Waals surface area (Å²) in [6, 6.07) is 8.31. The number of aliphatic imine (C=N–C) groups is 1. The third-order valence-corrected chi connectivity index (χ3v) is 7.22. The van der Waals surface area contributed by atoms with Gasteiger partial charge in [0.05, 0.1) is 0 Å². The second-order valence-corrected chi connectivity index (χ2v) is 10.0. The van der Waals surface area contributed by atoms with E-state index in [4.69, 9.17) is 11.6 Å². The van der Waals surface area contributed by atoms with Crippen molar-refractivity contribution in [3.63, 3.8) is 0 Å². The van der Waals surface area contributed by atoms with Crippen LogP contribution < -0.4 is 10.6 Å². The molecule has 0 amide bonds. The summed E-state index contributed by atoms with van der Waals surface area (Å²) in [5, 5.41) is 8.07. The van der Waals surface area contributed by atoms with Crippen LogP contribution in [0.3, 0.4) is 0 Å². The lowest BCUT2D eigenvalue weighted by atomic mass is 9.84. The van der Waals surface area contributed by atoms with E-state index in [1.54, 1.807) is 7.05 Å². The van der Waals surface area contributed by atoms with Crippen LogP contribution in [0.1, 0.15) is 52.0 Å². The molecule has 26 heavy (non-hydrogen) atoms. The zero-order valence-corrected chi connectivity index (χ0v) is 17.9. The van der Waals surface area contributed by atoms with Crippen LogP contribution in [0.15, 0.2) is 29.3 Å². The summed E-state index contributed by atoms with van der Waals surface area (Å²) in [5.74, 6) is 1.55. The molecule has 0 spiro atoms. The lowest BCUT2D eigenvalue weighted by molar-refractivity contribution is 0.410. The van der Waals surface area contributed by atoms with Gasteiger partial charge in [-0.15, -0.1) is 0 Å². The average molecular weight is 398 g/mol. The molecular formula is C20H32ClN3OS. The largest absolute Gasteiger partial charge is 0.356 e. The second kappa shape index (κ2) is 9.75. The second-order valence-electron chi connectivity index (χ2n) is 7.59. The summed E-state index contributed by atoms with van der Waals surface area (Å²) >= 11 is 6.37. The summed E-state index contributed by atoms with van der Waals surface area (Å²) in [6.45, 7) is 7.09. The highest BCUT2D eigenvalue weighted by Gasteiger charge is 2.27. The number of nitrogens with one attached hydrogen (secondary N) is 2. The van der Waals surface area contributed by atoms with Gasteiger partial charge in [0.1, 0.15) is 0 Å². The van der Waals surface area contributed by atoms with Crippen molar-refractivity contribution in [3.05, 3.63) is 34.9 Å². The normalized spacial score (nSPS) is 22.7. The van der Waals surface area contributed by atoms with Crippen LogP contribution in [0.25, 0.3) is 0 Å². The quantitative estimate of drug-likeness (QED) is 0.566. The molecule has 1 fully saturated rings. The van der Waals surface area contributed by atoms with Crippen LogP contribution >= 0.6 is 11.6 Å². The van der Waals surface area contributed by atoms with E-state index in [0.717, 1.165) is 54.5 Å². The number of nitrogens with zero attached hydrogens (tertiary/aromatic N) is 1. The predicted molar refractivity (Wildman–Crippen MR) is 114 cm³/mol. The molecule has 0 bridgehead atoms. The Morgan fingerprint density at radius 2 is 2.08 bits per heavy atom. The van der Waals surface area contributed by atoms with Gasteiger partial charge in [0.25, 0.3) is 0 Å². The number of hydrogen-bond acceptors (Lipinski definition) is 2. The van der Waals surface area contributed by atoms with Crippen molar-refractivity contribution < 1.29 is 4.21 Å². The first-order valence-corrected chi connectivity index (χ1v) is 11.2. The van der Waals surface area contributed by atoms with Crippen LogP contribution in [0.4, 0.5) is 0 Å². The number of rotatable bonds is 6. The van der Waals surface area contributed by atoms with Crippen molar-refractivity contribution in [2.24, 2.45) is 4.99 Å². The molecule has 0 aromatic heterocycles. The monoisotopic (exact) mass is 397 g/mol. The van der Waals surface area contributed by atoms with E-state index in [9.17, 15) is 4.21 Å². The van der Waals surface area contributed by atoms with Crippen molar-refractivity contribution in [1.82, 2.24) is 10.6 Å². The van der Waals surface area contributed by atoms with Gasteiger partial charge in [-0.1, -0.05) is 57.0 Å². The molecule has 0 radical (unpaired) electrons. The van der Waals surface area contributed by atoms with E-state index in [1.807, 2.05) is 25.1 Å². The van der Waals surface area contributed by atoms with Gasteiger partial charge in [-0.25, -0.2) is 0 Å². The van der Waals surface area contributed by atoms with Gasteiger partial charge >= 0.3 is 0 Å². The Labute approximate surface area is 165 Å². The van der Waals surface area contributed by atoms with E-state index in [0.29, 0.717) is 11.3 Å². The van der Waals surface area contributed by atoms with Gasteiger partial charge in [-0.3, -0.25) is 9.20 Å². The minimum atomic E-state index is -0.711. The maximum Gasteiger partial charge on any atom is 0.191 e. The van der Waals surface area contributed by atoms with Gasteiger partial charge in [-0.05, 0) is 30.9 Å². The maximum atomic E-state index is 12.1. The van der Waals surface area contributed by atoms with Crippen molar-refractivity contribution in [2.75, 3.05) is 19.3 Å². The van der Waals surface area contributed by atoms with E-state index < -0.39 is 10.8 Å². The summed E-state index contributed by atoms with van der Waals surface area (Å²) in [5.41, 5.74) is 1.01. The fourth-order valence-corrected chi connectivity index (χ4v) is 5.29. The number of guanidine groups is 1. The van der Waals surface area contributed by atoms with Crippen molar-refractivity contribution in [2.45, 2.75) is 63.2 Å². The molecule has 2 N–H and O–H groups in total. The smallest absolute Gasteiger partial charge is 0.191 e. The average Bonchev–Trinajstić information content (AvgIpc) is 2.64. The standard InChI is InChI=1S/C20H32ClN3OS/c1-5-26(25)16-10-8-9-15(13-16)24-19(22-4)23-14-20(2,3)17-11-6-7-12-18(17)21/h6-7,11-12,15-16H,5,8-10,13-14H2,1-4H3,(H2,22,23,24). The van der Waals surface area contributed by atoms with E-state index in [2.05, 4.69) is 35.5 Å². The molecule has 1 saturated carbocycles. The van der Waals surface area contributed by atoms with E-state index in [-0.39, 0.29) is 5.41 Å². The molecule has 2 rings (SSSR count). The molecule has 1 aromatic rings. The summed E-state index contributed by atoms with van der Waals surface area (Å²) < 4.78 is 12.1. The van der Waals surface area contributed by atoms with Crippen LogP contribution in [0, 0.1) is 0 Å². The Morgan fingerprint density at radius 3 is 2.73 bits per heavy atom. The Bertz CT molecular complexity index is 648. The molecule has 3 atom stereocenters. The molecule has 6 heteroatoms. The highest BCUT2D eigenvalue weighted by molar-refractivity contribution is 7.85. The highest BCUT2D eigenvalue weighted by atomic mass is 35.5. The first-order valence-electron chi connectivity index (χ1n) is 9.46. The van der Waals surface area contributed by atoms with Gasteiger partial charge in [0, 0.05) is 51.9 Å². The molecule has 4 nitrogen and oxygen atoms in total. The van der Waals surface area contributed by atoms with Crippen LogP contribution in [-0.2, 0) is 16.2 Å². The Morgan fingerprint density at radius 1 is 1.35 bits per heavy atom. The number of hydrogen-bond donors (Lipinski definition) is 2. The van der Waals surface area contributed by atoms with Crippen molar-refractivity contribution >= 4 is 28.4 Å². The minimum absolute atomic E-state index is 0.116. The van der Waals surface area contributed by atoms with Crippen LogP contribution in [0.5, 0.6) is 0 Å². The number of benzene rings is 1. The molecule has 1 aromatic carbocycles. The molecule has 0 saturated heterocycles. The summed E-state index contributed by atoms with van der Waals surface area (Å²) in [7, 11) is 1.08. The molecule has 0 heterocycles. The van der Waals surface area contributed by atoms with E-state index in [1.165, 1.54) is 0 Å². The Hall–Kier alpha value is -1.07. The Kier molecular flexibility index (Phi) is 7.96. The van der Waals surface area contributed by atoms with Crippen LogP contribution in [-0.4, -0.2) is 40.8 Å². The van der Waals surface area contributed by atoms with Gasteiger partial charge < -0.3 is 10.6 Å². The number of halogens is 1. The molecule has 0 aliphatic heterocycles. The highest BCUT2D eigenvalue weighted by Crippen LogP contribution is 2.29. The predicted octanol–water partition coefficient (Wildman–Crippen LogP) is 3.86. The molecule has 146 valence electrons. The van der Waals surface area contributed by atoms with Gasteiger partial charge in [0.15, 0.2) is 5.96 Å². The maximum absolute atomic E-state index is 12.1. The molecule has 3 unspecified atom stereocenters. The summed E-state index contributed by atoms with van der Waals surface area (Å²) in [6.07, 6.45) is 4.25. The van der Waals surface area contributed by atoms with Gasteiger partial charge in [0.2, 0.25) is 0 Å². The molecule has 1 aliphatic rings. The molecular weight excluding hydrogens is 366 g/mol. The summed E-state index contributed by atoms with van der Waals surface area (Å²) in [4.78, 5) is 4.38. The van der Waals surface area contributed by atoms with Crippen molar-refractivity contribution in [3.8, 4) is 0 Å². The van der Waals surface area contributed by atoms with E-state index >= 15 is 0 Å². The van der Waals surface area contributed by atoms with Gasteiger partial charge in [-0.2, -0.15) is 0 Å². The zero-order valence-electron chi connectivity index (χ0n) is 16.3. The first-order chi connectivity index (χ1) is 12.4. The minimum Gasteiger partial charge on any atom is -0.356 e. The topological polar surface area (TPSA) is 53.5 Å².